The van der Waals surface area contributed by atoms with E-state index in [2.05, 4.69) is 15.6 Å². The fourth-order valence-electron chi connectivity index (χ4n) is 2.97. The Bertz CT molecular complexity index is 740. The van der Waals surface area contributed by atoms with Gasteiger partial charge < -0.3 is 16.4 Å². The number of nitrogens with two attached hydrogens (primary N) is 1. The summed E-state index contributed by atoms with van der Waals surface area (Å²) in [6.07, 6.45) is 6.80. The molecule has 1 aromatic carbocycles. The van der Waals surface area contributed by atoms with Gasteiger partial charge >= 0.3 is 0 Å². The molecule has 4 N–H and O–H groups in total. The van der Waals surface area contributed by atoms with Crippen molar-refractivity contribution in [2.24, 2.45) is 5.73 Å². The van der Waals surface area contributed by atoms with Gasteiger partial charge in [0.2, 0.25) is 0 Å². The number of anilines is 1. The average molecular weight is 338 g/mol. The fraction of sp³-hybridized carbons (Fsp3) is 0.316. The summed E-state index contributed by atoms with van der Waals surface area (Å²) in [5.74, 6) is -0.384. The van der Waals surface area contributed by atoms with Gasteiger partial charge in [-0.3, -0.25) is 14.6 Å². The first-order valence-electron chi connectivity index (χ1n) is 8.50. The molecule has 0 spiro atoms. The van der Waals surface area contributed by atoms with Gasteiger partial charge in [-0.15, -0.1) is 0 Å². The van der Waals surface area contributed by atoms with Gasteiger partial charge in [-0.2, -0.15) is 0 Å². The molecule has 130 valence electrons. The first kappa shape index (κ1) is 17.1. The molecule has 0 saturated heterocycles. The van der Waals surface area contributed by atoms with Crippen molar-refractivity contribution in [2.45, 2.75) is 37.8 Å². The van der Waals surface area contributed by atoms with Crippen LogP contribution in [-0.4, -0.2) is 28.9 Å². The summed E-state index contributed by atoms with van der Waals surface area (Å²) in [5, 5.41) is 5.84. The van der Waals surface area contributed by atoms with Crippen LogP contribution in [-0.2, 0) is 0 Å². The Hall–Kier alpha value is -2.73. The normalized spacial score (nSPS) is 19.9. The van der Waals surface area contributed by atoms with E-state index in [9.17, 15) is 9.59 Å². The molecule has 0 atom stereocenters. The molecule has 1 saturated carbocycles. The Labute approximate surface area is 146 Å². The monoisotopic (exact) mass is 338 g/mol. The second-order valence-corrected chi connectivity index (χ2v) is 6.36. The van der Waals surface area contributed by atoms with Gasteiger partial charge in [0.1, 0.15) is 0 Å². The van der Waals surface area contributed by atoms with Crippen molar-refractivity contribution >= 4 is 17.5 Å². The molecule has 1 fully saturated rings. The molecular weight excluding hydrogens is 316 g/mol. The number of aromatic nitrogens is 1. The number of hydrogen-bond donors (Lipinski definition) is 3. The van der Waals surface area contributed by atoms with Crippen LogP contribution >= 0.6 is 0 Å². The summed E-state index contributed by atoms with van der Waals surface area (Å²) in [6, 6.07) is 10.7. The van der Waals surface area contributed by atoms with Crippen LogP contribution in [0.1, 0.15) is 46.4 Å². The summed E-state index contributed by atoms with van der Waals surface area (Å²) in [7, 11) is 0. The zero-order chi connectivity index (χ0) is 17.6. The minimum absolute atomic E-state index is 0.127. The molecule has 0 radical (unpaired) electrons. The molecule has 0 unspecified atom stereocenters. The summed E-state index contributed by atoms with van der Waals surface area (Å²) in [6.45, 7) is 0. The highest BCUT2D eigenvalue weighted by molar-refractivity contribution is 6.04. The summed E-state index contributed by atoms with van der Waals surface area (Å²) < 4.78 is 0. The number of rotatable bonds is 4. The largest absolute Gasteiger partial charge is 0.349 e. The van der Waals surface area contributed by atoms with Gasteiger partial charge in [0.05, 0.1) is 5.56 Å². The molecule has 6 heteroatoms. The van der Waals surface area contributed by atoms with Crippen molar-refractivity contribution in [3.63, 3.8) is 0 Å². The number of nitrogens with one attached hydrogen (secondary N) is 2. The third-order valence-corrected chi connectivity index (χ3v) is 4.41. The zero-order valence-electron chi connectivity index (χ0n) is 13.9. The minimum Gasteiger partial charge on any atom is -0.349 e. The molecule has 25 heavy (non-hydrogen) atoms. The van der Waals surface area contributed by atoms with Crippen LogP contribution in [0, 0.1) is 0 Å². The molecule has 2 aromatic rings. The molecule has 3 rings (SSSR count). The maximum absolute atomic E-state index is 12.4. The van der Waals surface area contributed by atoms with Crippen molar-refractivity contribution in [1.82, 2.24) is 10.3 Å². The maximum Gasteiger partial charge on any atom is 0.257 e. The molecule has 6 nitrogen and oxygen atoms in total. The average Bonchev–Trinajstić information content (AvgIpc) is 2.64. The van der Waals surface area contributed by atoms with Crippen LogP contribution in [0.2, 0.25) is 0 Å². The van der Waals surface area contributed by atoms with Crippen molar-refractivity contribution in [3.05, 3.63) is 59.9 Å². The van der Waals surface area contributed by atoms with Crippen LogP contribution in [0.3, 0.4) is 0 Å². The van der Waals surface area contributed by atoms with Gasteiger partial charge in [0, 0.05) is 35.7 Å². The highest BCUT2D eigenvalue weighted by Gasteiger charge is 2.20. The molecule has 0 bridgehead atoms. The first-order valence-corrected chi connectivity index (χ1v) is 8.50. The predicted octanol–water partition coefficient (Wildman–Crippen LogP) is 2.33. The number of amides is 2. The predicted molar refractivity (Wildman–Crippen MR) is 96.3 cm³/mol. The lowest BCUT2D eigenvalue weighted by Crippen LogP contribution is -2.40. The lowest BCUT2D eigenvalue weighted by molar-refractivity contribution is 0.0925. The first-order chi connectivity index (χ1) is 12.1. The minimum atomic E-state index is -0.257. The lowest BCUT2D eigenvalue weighted by atomic mass is 9.91. The summed E-state index contributed by atoms with van der Waals surface area (Å²) in [4.78, 5) is 28.5. The van der Waals surface area contributed by atoms with Crippen LogP contribution in [0.15, 0.2) is 48.8 Å². The SMILES string of the molecule is NC1CCC(NC(=O)c2cccc(NC(=O)c3cccnc3)c2)CC1. The second kappa shape index (κ2) is 7.90. The molecule has 1 aliphatic carbocycles. The van der Waals surface area contributed by atoms with E-state index in [1.165, 1.54) is 6.20 Å². The molecule has 1 aromatic heterocycles. The Balaban J connectivity index is 1.63. The van der Waals surface area contributed by atoms with E-state index in [1.54, 1.807) is 42.6 Å². The van der Waals surface area contributed by atoms with Gasteiger partial charge in [0.25, 0.3) is 11.8 Å². The third kappa shape index (κ3) is 4.64. The number of carbonyl (C=O) groups excluding carboxylic acids is 2. The number of pyridine rings is 1. The number of hydrogen-bond acceptors (Lipinski definition) is 4. The molecular formula is C19H22N4O2. The van der Waals surface area contributed by atoms with E-state index < -0.39 is 0 Å². The lowest BCUT2D eigenvalue weighted by Gasteiger charge is -2.26. The molecule has 0 aliphatic heterocycles. The topological polar surface area (TPSA) is 97.1 Å². The maximum atomic E-state index is 12.4. The third-order valence-electron chi connectivity index (χ3n) is 4.41. The van der Waals surface area contributed by atoms with E-state index in [1.807, 2.05) is 0 Å². The van der Waals surface area contributed by atoms with Crippen molar-refractivity contribution in [1.29, 1.82) is 0 Å². The molecule has 1 heterocycles. The van der Waals surface area contributed by atoms with Crippen LogP contribution < -0.4 is 16.4 Å². The van der Waals surface area contributed by atoms with Gasteiger partial charge in [-0.1, -0.05) is 6.07 Å². The number of benzene rings is 1. The highest BCUT2D eigenvalue weighted by atomic mass is 16.2. The quantitative estimate of drug-likeness (QED) is 0.797. The van der Waals surface area contributed by atoms with Gasteiger partial charge in [0.15, 0.2) is 0 Å². The fourth-order valence-corrected chi connectivity index (χ4v) is 2.97. The Morgan fingerprint density at radius 1 is 1.00 bits per heavy atom. The second-order valence-electron chi connectivity index (χ2n) is 6.36. The Kier molecular flexibility index (Phi) is 5.40. The van der Waals surface area contributed by atoms with Gasteiger partial charge in [-0.05, 0) is 56.0 Å². The smallest absolute Gasteiger partial charge is 0.257 e. The Morgan fingerprint density at radius 2 is 1.76 bits per heavy atom. The highest BCUT2D eigenvalue weighted by Crippen LogP contribution is 2.18. The number of nitrogens with zero attached hydrogens (tertiary/aromatic N) is 1. The van der Waals surface area contributed by atoms with E-state index in [4.69, 9.17) is 5.73 Å². The van der Waals surface area contributed by atoms with Crippen LogP contribution in [0.25, 0.3) is 0 Å². The Morgan fingerprint density at radius 3 is 2.48 bits per heavy atom. The van der Waals surface area contributed by atoms with Gasteiger partial charge in [-0.25, -0.2) is 0 Å². The van der Waals surface area contributed by atoms with E-state index >= 15 is 0 Å². The van der Waals surface area contributed by atoms with Crippen molar-refractivity contribution in [3.8, 4) is 0 Å². The summed E-state index contributed by atoms with van der Waals surface area (Å²) in [5.41, 5.74) is 7.47. The zero-order valence-corrected chi connectivity index (χ0v) is 13.9. The molecule has 2 amide bonds. The van der Waals surface area contributed by atoms with Crippen LogP contribution in [0.4, 0.5) is 5.69 Å². The van der Waals surface area contributed by atoms with E-state index in [0.717, 1.165) is 25.7 Å². The standard InChI is InChI=1S/C19H22N4O2/c20-15-6-8-16(9-7-15)22-18(24)13-3-1-5-17(11-13)23-19(25)14-4-2-10-21-12-14/h1-5,10-12,15-16H,6-9,20H2,(H,22,24)(H,23,25). The summed E-state index contributed by atoms with van der Waals surface area (Å²) >= 11 is 0. The van der Waals surface area contributed by atoms with E-state index in [-0.39, 0.29) is 23.9 Å². The number of carbonyl (C=O) groups is 2. The van der Waals surface area contributed by atoms with Crippen LogP contribution in [0.5, 0.6) is 0 Å². The van der Waals surface area contributed by atoms with E-state index in [0.29, 0.717) is 16.8 Å². The van der Waals surface area contributed by atoms with Crippen molar-refractivity contribution in [2.75, 3.05) is 5.32 Å². The van der Waals surface area contributed by atoms with Crippen molar-refractivity contribution < 1.29 is 9.59 Å². The molecule has 1 aliphatic rings.